The van der Waals surface area contributed by atoms with Gasteiger partial charge in [0, 0.05) is 42.3 Å². The topological polar surface area (TPSA) is 74.6 Å². The molecule has 0 radical (unpaired) electrons. The molecule has 1 aliphatic carbocycles. The lowest BCUT2D eigenvalue weighted by Gasteiger charge is -2.32. The van der Waals surface area contributed by atoms with Crippen molar-refractivity contribution in [3.63, 3.8) is 0 Å². The first-order chi connectivity index (χ1) is 14.6. The van der Waals surface area contributed by atoms with Gasteiger partial charge in [-0.2, -0.15) is 0 Å². The molecule has 1 saturated carbocycles. The third kappa shape index (κ3) is 3.65. The molecule has 2 fully saturated rings. The van der Waals surface area contributed by atoms with E-state index in [4.69, 9.17) is 0 Å². The molecule has 2 aliphatic heterocycles. The highest BCUT2D eigenvalue weighted by molar-refractivity contribution is 5.83. The van der Waals surface area contributed by atoms with Crippen molar-refractivity contribution < 1.29 is 9.90 Å². The van der Waals surface area contributed by atoms with Crippen LogP contribution in [0.25, 0.3) is 6.08 Å². The van der Waals surface area contributed by atoms with Gasteiger partial charge < -0.3 is 15.0 Å². The number of amides is 1. The van der Waals surface area contributed by atoms with Crippen LogP contribution in [0.15, 0.2) is 23.0 Å². The van der Waals surface area contributed by atoms with Gasteiger partial charge in [0.25, 0.3) is 5.56 Å². The zero-order chi connectivity index (χ0) is 21.3. The lowest BCUT2D eigenvalue weighted by Crippen LogP contribution is -2.51. The molecule has 0 aromatic carbocycles. The molecule has 3 aliphatic rings. The lowest BCUT2D eigenvalue weighted by atomic mass is 9.87. The molecule has 1 aromatic heterocycles. The maximum atomic E-state index is 13.4. The van der Waals surface area contributed by atoms with E-state index < -0.39 is 0 Å². The molecule has 4 atom stereocenters. The number of aliphatic hydroxyl groups excluding tert-OH is 1. The number of hydrogen-bond acceptors (Lipinski definition) is 4. The van der Waals surface area contributed by atoms with Crippen LogP contribution in [0.4, 0.5) is 0 Å². The largest absolute Gasteiger partial charge is 0.396 e. The molecule has 164 valence electrons. The highest BCUT2D eigenvalue weighted by Gasteiger charge is 2.55. The third-order valence-electron chi connectivity index (χ3n) is 7.27. The highest BCUT2D eigenvalue weighted by Crippen LogP contribution is 2.49. The summed E-state index contributed by atoms with van der Waals surface area (Å²) in [6.45, 7) is 5.35. The van der Waals surface area contributed by atoms with Gasteiger partial charge >= 0.3 is 0 Å². The summed E-state index contributed by atoms with van der Waals surface area (Å²) in [5, 5.41) is 13.6. The van der Waals surface area contributed by atoms with E-state index in [1.807, 2.05) is 35.8 Å². The van der Waals surface area contributed by atoms with Gasteiger partial charge in [-0.15, -0.1) is 0 Å². The number of likely N-dealkylation sites (tertiary alicyclic amines) is 1. The Morgan fingerprint density at radius 3 is 2.70 bits per heavy atom. The van der Waals surface area contributed by atoms with Crippen molar-refractivity contribution in [2.24, 2.45) is 11.8 Å². The number of rotatable bonds is 6. The Hall–Kier alpha value is -1.92. The van der Waals surface area contributed by atoms with E-state index >= 15 is 0 Å². The number of hydrogen-bond donors (Lipinski definition) is 2. The molecule has 2 N–H and O–H groups in total. The van der Waals surface area contributed by atoms with E-state index in [9.17, 15) is 14.7 Å². The van der Waals surface area contributed by atoms with Crippen LogP contribution in [0.3, 0.4) is 0 Å². The van der Waals surface area contributed by atoms with Crippen LogP contribution in [0.2, 0.25) is 0 Å². The number of fused-ring (bicyclic) bond motifs is 3. The lowest BCUT2D eigenvalue weighted by molar-refractivity contribution is -0.128. The fourth-order valence-electron chi connectivity index (χ4n) is 5.98. The quantitative estimate of drug-likeness (QED) is 0.752. The predicted octanol–water partition coefficient (Wildman–Crippen LogP) is 2.70. The van der Waals surface area contributed by atoms with Gasteiger partial charge in [-0.3, -0.25) is 14.5 Å². The van der Waals surface area contributed by atoms with Crippen LogP contribution >= 0.6 is 0 Å². The van der Waals surface area contributed by atoms with Crippen molar-refractivity contribution in [1.82, 2.24) is 14.8 Å². The van der Waals surface area contributed by atoms with Crippen LogP contribution in [0.1, 0.15) is 69.7 Å². The second kappa shape index (κ2) is 9.06. The van der Waals surface area contributed by atoms with Gasteiger partial charge in [-0.05, 0) is 44.9 Å². The first kappa shape index (κ1) is 21.3. The van der Waals surface area contributed by atoms with Crippen molar-refractivity contribution in [2.45, 2.75) is 77.0 Å². The van der Waals surface area contributed by atoms with Crippen molar-refractivity contribution in [1.29, 1.82) is 0 Å². The van der Waals surface area contributed by atoms with Gasteiger partial charge in [-0.25, -0.2) is 0 Å². The molecular weight excluding hydrogens is 378 g/mol. The average Bonchev–Trinajstić information content (AvgIpc) is 3.27. The first-order valence-electron chi connectivity index (χ1n) is 11.6. The van der Waals surface area contributed by atoms with Gasteiger partial charge in [0.2, 0.25) is 5.91 Å². The smallest absolute Gasteiger partial charge is 0.258 e. The predicted molar refractivity (Wildman–Crippen MR) is 118 cm³/mol. The summed E-state index contributed by atoms with van der Waals surface area (Å²) in [6.07, 6.45) is 10.4. The number of nitrogens with zero attached hydrogens (tertiary/aromatic N) is 2. The number of aliphatic hydroxyl groups is 1. The van der Waals surface area contributed by atoms with Crippen LogP contribution in [0, 0.1) is 11.8 Å². The number of carbonyl (C=O) groups is 1. The fourth-order valence-corrected chi connectivity index (χ4v) is 5.98. The molecular formula is C24H35N3O3. The molecule has 1 saturated heterocycles. The molecule has 30 heavy (non-hydrogen) atoms. The minimum atomic E-state index is -0.328. The van der Waals surface area contributed by atoms with Crippen molar-refractivity contribution >= 4 is 12.0 Å². The number of aromatic nitrogens is 1. The number of allylic oxidation sites excluding steroid dienone is 1. The Morgan fingerprint density at radius 1 is 1.27 bits per heavy atom. The molecule has 6 nitrogen and oxygen atoms in total. The van der Waals surface area contributed by atoms with Crippen molar-refractivity contribution in [3.8, 4) is 0 Å². The zero-order valence-electron chi connectivity index (χ0n) is 18.2. The van der Waals surface area contributed by atoms with E-state index in [0.717, 1.165) is 31.5 Å². The van der Waals surface area contributed by atoms with Crippen molar-refractivity contribution in [2.75, 3.05) is 13.2 Å². The third-order valence-corrected chi connectivity index (χ3v) is 7.27. The monoisotopic (exact) mass is 413 g/mol. The summed E-state index contributed by atoms with van der Waals surface area (Å²) in [5.74, 6) is -0.0185. The van der Waals surface area contributed by atoms with Gasteiger partial charge in [0.05, 0.1) is 12.1 Å². The molecule has 0 spiro atoms. The first-order valence-corrected chi connectivity index (χ1v) is 11.6. The van der Waals surface area contributed by atoms with E-state index in [0.29, 0.717) is 12.1 Å². The summed E-state index contributed by atoms with van der Waals surface area (Å²) in [6, 6.07) is 3.87. The van der Waals surface area contributed by atoms with Crippen LogP contribution in [-0.4, -0.2) is 45.7 Å². The summed E-state index contributed by atoms with van der Waals surface area (Å²) >= 11 is 0. The molecule has 4 rings (SSSR count). The van der Waals surface area contributed by atoms with Gasteiger partial charge in [0.1, 0.15) is 0 Å². The summed E-state index contributed by atoms with van der Waals surface area (Å²) in [5.41, 5.74) is 1.70. The standard InChI is InChI=1S/C24H35N3O3/c1-3-8-16-11-12-20-21-18(14-27(20)24(16)30)19(15-28)22(26(21)13-4-2)23(29)25-17-9-6-5-7-10-17/h3,8,11-12,17-19,21-22,28H,4-7,9-10,13-15H2,1-2H3,(H,25,29)/b8-3-/t18-,19-,21+,22-/m1/s1. The van der Waals surface area contributed by atoms with Crippen LogP contribution in [0.5, 0.6) is 0 Å². The summed E-state index contributed by atoms with van der Waals surface area (Å²) in [7, 11) is 0. The minimum absolute atomic E-state index is 0.0107. The van der Waals surface area contributed by atoms with E-state index in [2.05, 4.69) is 17.1 Å². The Kier molecular flexibility index (Phi) is 6.44. The Labute approximate surface area is 179 Å². The van der Waals surface area contributed by atoms with Crippen LogP contribution in [-0.2, 0) is 11.3 Å². The normalized spacial score (nSPS) is 29.3. The zero-order valence-corrected chi connectivity index (χ0v) is 18.2. The van der Waals surface area contributed by atoms with Crippen LogP contribution < -0.4 is 10.9 Å². The molecule has 0 bridgehead atoms. The van der Waals surface area contributed by atoms with E-state index in [1.54, 1.807) is 0 Å². The minimum Gasteiger partial charge on any atom is -0.396 e. The second-order valence-corrected chi connectivity index (χ2v) is 9.11. The van der Waals surface area contributed by atoms with E-state index in [-0.39, 0.29) is 48.0 Å². The maximum absolute atomic E-state index is 13.4. The molecule has 1 amide bonds. The Balaban J connectivity index is 1.65. The molecule has 3 heterocycles. The molecule has 6 heteroatoms. The van der Waals surface area contributed by atoms with E-state index in [1.165, 1.54) is 19.3 Å². The van der Waals surface area contributed by atoms with Crippen molar-refractivity contribution in [3.05, 3.63) is 39.8 Å². The SMILES string of the molecule is C/C=C\c1ccc2n(c1=O)C[C@@H]1[C@@H](CO)[C@H](C(=O)NC3CCCCC3)N(CCC)[C@H]21. The number of nitrogens with one attached hydrogen (secondary N) is 1. The number of carbonyl (C=O) groups excluding carboxylic acids is 1. The van der Waals surface area contributed by atoms with Gasteiger partial charge in [0.15, 0.2) is 0 Å². The highest BCUT2D eigenvalue weighted by atomic mass is 16.3. The Morgan fingerprint density at radius 2 is 2.03 bits per heavy atom. The maximum Gasteiger partial charge on any atom is 0.258 e. The molecule has 1 aromatic rings. The second-order valence-electron chi connectivity index (χ2n) is 9.11. The average molecular weight is 414 g/mol. The fraction of sp³-hybridized carbons (Fsp3) is 0.667. The molecule has 0 unspecified atom stereocenters. The summed E-state index contributed by atoms with van der Waals surface area (Å²) < 4.78 is 1.87. The number of pyridine rings is 1. The van der Waals surface area contributed by atoms with Gasteiger partial charge in [-0.1, -0.05) is 38.3 Å². The summed E-state index contributed by atoms with van der Waals surface area (Å²) in [4.78, 5) is 28.6. The Bertz CT molecular complexity index is 856.